The molecule has 1 aliphatic heterocycles. The minimum atomic E-state index is -0.562. The van der Waals surface area contributed by atoms with Crippen molar-refractivity contribution in [3.8, 4) is 0 Å². The Labute approximate surface area is 88.0 Å². The summed E-state index contributed by atoms with van der Waals surface area (Å²) < 4.78 is 10.5. The van der Waals surface area contributed by atoms with Crippen molar-refractivity contribution in [3.05, 3.63) is 29.3 Å². The lowest BCUT2D eigenvalue weighted by Crippen LogP contribution is -2.09. The zero-order valence-corrected chi connectivity index (χ0v) is 8.53. The van der Waals surface area contributed by atoms with Crippen molar-refractivity contribution in [2.75, 3.05) is 5.73 Å². The van der Waals surface area contributed by atoms with Gasteiger partial charge in [0.05, 0.1) is 6.61 Å². The second-order valence-corrected chi connectivity index (χ2v) is 3.44. The molecule has 1 aromatic rings. The van der Waals surface area contributed by atoms with Gasteiger partial charge in [-0.15, -0.1) is 0 Å². The van der Waals surface area contributed by atoms with Gasteiger partial charge >= 0.3 is 5.97 Å². The molecule has 0 bridgehead atoms. The van der Waals surface area contributed by atoms with E-state index in [4.69, 9.17) is 15.2 Å². The second kappa shape index (κ2) is 3.90. The number of carbonyl (C=O) groups is 1. The van der Waals surface area contributed by atoms with E-state index >= 15 is 0 Å². The first-order valence-electron chi connectivity index (χ1n) is 4.90. The summed E-state index contributed by atoms with van der Waals surface area (Å²) in [5.41, 5.74) is 8.22. The van der Waals surface area contributed by atoms with E-state index in [9.17, 15) is 4.79 Å². The van der Waals surface area contributed by atoms with Crippen LogP contribution >= 0.6 is 0 Å². The van der Waals surface area contributed by atoms with Crippen LogP contribution < -0.4 is 5.73 Å². The molecule has 4 heteroatoms. The molecule has 0 saturated carbocycles. The highest BCUT2D eigenvalue weighted by Crippen LogP contribution is 2.32. The molecule has 0 spiro atoms. The fourth-order valence-electron chi connectivity index (χ4n) is 1.54. The van der Waals surface area contributed by atoms with Crippen LogP contribution in [0.4, 0.5) is 5.69 Å². The van der Waals surface area contributed by atoms with Crippen LogP contribution in [0.3, 0.4) is 0 Å². The fraction of sp³-hybridized carbons (Fsp3) is 0.364. The molecule has 0 unspecified atom stereocenters. The predicted octanol–water partition coefficient (Wildman–Crippen LogP) is 1.75. The number of hydrogen-bond acceptors (Lipinski definition) is 4. The standard InChI is InChI=1S/C11H13NO3/c1-2-10(13)15-11-9-4-3-8(12)5-7(9)6-14-11/h3-5,11H,2,6,12H2,1H3/t11-/m0/s1. The van der Waals surface area contributed by atoms with Crippen LogP contribution in [-0.2, 0) is 20.9 Å². The summed E-state index contributed by atoms with van der Waals surface area (Å²) >= 11 is 0. The average molecular weight is 207 g/mol. The Morgan fingerprint density at radius 3 is 3.20 bits per heavy atom. The van der Waals surface area contributed by atoms with Gasteiger partial charge in [0.2, 0.25) is 6.29 Å². The zero-order chi connectivity index (χ0) is 10.8. The first kappa shape index (κ1) is 9.98. The number of rotatable bonds is 2. The van der Waals surface area contributed by atoms with Gasteiger partial charge in [0.1, 0.15) is 0 Å². The Hall–Kier alpha value is -1.55. The summed E-state index contributed by atoms with van der Waals surface area (Å²) in [6.07, 6.45) is -0.211. The lowest BCUT2D eigenvalue weighted by Gasteiger charge is -2.11. The summed E-state index contributed by atoms with van der Waals surface area (Å²) in [6, 6.07) is 5.46. The van der Waals surface area contributed by atoms with Crippen molar-refractivity contribution in [3.63, 3.8) is 0 Å². The smallest absolute Gasteiger partial charge is 0.308 e. The molecule has 0 aromatic heterocycles. The van der Waals surface area contributed by atoms with Crippen LogP contribution in [-0.4, -0.2) is 5.97 Å². The summed E-state index contributed by atoms with van der Waals surface area (Å²) in [6.45, 7) is 2.20. The minimum Gasteiger partial charge on any atom is -0.431 e. The number of ether oxygens (including phenoxy) is 2. The van der Waals surface area contributed by atoms with Gasteiger partial charge in [0, 0.05) is 17.7 Å². The second-order valence-electron chi connectivity index (χ2n) is 3.44. The topological polar surface area (TPSA) is 61.5 Å². The summed E-state index contributed by atoms with van der Waals surface area (Å²) in [7, 11) is 0. The van der Waals surface area contributed by atoms with E-state index in [0.29, 0.717) is 18.7 Å². The van der Waals surface area contributed by atoms with E-state index in [-0.39, 0.29) is 5.97 Å². The number of nitrogen functional groups attached to an aromatic ring is 1. The van der Waals surface area contributed by atoms with E-state index in [0.717, 1.165) is 11.1 Å². The summed E-state index contributed by atoms with van der Waals surface area (Å²) in [5.74, 6) is -0.260. The van der Waals surface area contributed by atoms with Crippen LogP contribution in [0.2, 0.25) is 0 Å². The highest BCUT2D eigenvalue weighted by Gasteiger charge is 2.26. The van der Waals surface area contributed by atoms with Crippen LogP contribution in [0.25, 0.3) is 0 Å². The molecule has 1 aromatic carbocycles. The van der Waals surface area contributed by atoms with Gasteiger partial charge in [-0.1, -0.05) is 13.0 Å². The maximum atomic E-state index is 11.1. The molecule has 0 radical (unpaired) electrons. The highest BCUT2D eigenvalue weighted by atomic mass is 16.7. The number of hydrogen-bond donors (Lipinski definition) is 1. The van der Waals surface area contributed by atoms with Crippen molar-refractivity contribution >= 4 is 11.7 Å². The van der Waals surface area contributed by atoms with Gasteiger partial charge < -0.3 is 15.2 Å². The normalized spacial score (nSPS) is 18.6. The van der Waals surface area contributed by atoms with Gasteiger partial charge in [-0.3, -0.25) is 4.79 Å². The van der Waals surface area contributed by atoms with E-state index in [1.54, 1.807) is 13.0 Å². The molecule has 1 aliphatic rings. The minimum absolute atomic E-state index is 0.260. The summed E-state index contributed by atoms with van der Waals surface area (Å²) in [5, 5.41) is 0. The van der Waals surface area contributed by atoms with Crippen LogP contribution in [0.1, 0.15) is 30.8 Å². The van der Waals surface area contributed by atoms with Crippen molar-refractivity contribution in [2.24, 2.45) is 0 Å². The molecule has 2 N–H and O–H groups in total. The van der Waals surface area contributed by atoms with Gasteiger partial charge in [-0.2, -0.15) is 0 Å². The van der Waals surface area contributed by atoms with Gasteiger partial charge in [0.25, 0.3) is 0 Å². The molecular weight excluding hydrogens is 194 g/mol. The maximum Gasteiger partial charge on any atom is 0.308 e. The van der Waals surface area contributed by atoms with E-state index in [1.165, 1.54) is 0 Å². The maximum absolute atomic E-state index is 11.1. The van der Waals surface area contributed by atoms with E-state index in [1.807, 2.05) is 12.1 Å². The molecule has 1 heterocycles. The third-order valence-electron chi connectivity index (χ3n) is 2.34. The average Bonchev–Trinajstić information content (AvgIpc) is 2.60. The fourth-order valence-corrected chi connectivity index (χ4v) is 1.54. The molecule has 1 atom stereocenters. The molecule has 4 nitrogen and oxygen atoms in total. The van der Waals surface area contributed by atoms with Gasteiger partial charge in [-0.25, -0.2) is 0 Å². The lowest BCUT2D eigenvalue weighted by atomic mass is 10.1. The molecule has 0 saturated heterocycles. The number of anilines is 1. The molecule has 0 fully saturated rings. The largest absolute Gasteiger partial charge is 0.431 e. The van der Waals surface area contributed by atoms with Crippen molar-refractivity contribution < 1.29 is 14.3 Å². The van der Waals surface area contributed by atoms with Gasteiger partial charge in [0.15, 0.2) is 0 Å². The molecule has 0 aliphatic carbocycles. The van der Waals surface area contributed by atoms with Crippen LogP contribution in [0, 0.1) is 0 Å². The molecule has 15 heavy (non-hydrogen) atoms. The van der Waals surface area contributed by atoms with E-state index < -0.39 is 6.29 Å². The zero-order valence-electron chi connectivity index (χ0n) is 8.53. The molecule has 80 valence electrons. The molecule has 2 rings (SSSR count). The number of nitrogens with two attached hydrogens (primary N) is 1. The number of benzene rings is 1. The number of fused-ring (bicyclic) bond motifs is 1. The number of carbonyl (C=O) groups excluding carboxylic acids is 1. The Morgan fingerprint density at radius 1 is 1.67 bits per heavy atom. The first-order valence-corrected chi connectivity index (χ1v) is 4.90. The summed E-state index contributed by atoms with van der Waals surface area (Å²) in [4.78, 5) is 11.1. The first-order chi connectivity index (χ1) is 7.20. The third kappa shape index (κ3) is 1.94. The Balaban J connectivity index is 2.18. The Bertz CT molecular complexity index is 389. The lowest BCUT2D eigenvalue weighted by molar-refractivity contribution is -0.177. The SMILES string of the molecule is CCC(=O)O[C@@H]1OCc2cc(N)ccc21. The number of esters is 1. The molecular formula is C11H13NO3. The van der Waals surface area contributed by atoms with Crippen LogP contribution in [0.5, 0.6) is 0 Å². The monoisotopic (exact) mass is 207 g/mol. The molecule has 0 amide bonds. The van der Waals surface area contributed by atoms with Crippen LogP contribution in [0.15, 0.2) is 18.2 Å². The highest BCUT2D eigenvalue weighted by molar-refractivity contribution is 5.69. The van der Waals surface area contributed by atoms with Crippen molar-refractivity contribution in [1.82, 2.24) is 0 Å². The predicted molar refractivity (Wildman–Crippen MR) is 54.8 cm³/mol. The van der Waals surface area contributed by atoms with Crippen molar-refractivity contribution in [2.45, 2.75) is 26.2 Å². The Kier molecular flexibility index (Phi) is 2.60. The van der Waals surface area contributed by atoms with E-state index in [2.05, 4.69) is 0 Å². The Morgan fingerprint density at radius 2 is 2.47 bits per heavy atom. The third-order valence-corrected chi connectivity index (χ3v) is 2.34. The quantitative estimate of drug-likeness (QED) is 0.592. The van der Waals surface area contributed by atoms with Gasteiger partial charge in [-0.05, 0) is 17.7 Å². The van der Waals surface area contributed by atoms with Crippen molar-refractivity contribution in [1.29, 1.82) is 0 Å².